The van der Waals surface area contributed by atoms with Crippen LogP contribution in [-0.4, -0.2) is 30.0 Å². The van der Waals surface area contributed by atoms with Crippen LogP contribution in [-0.2, 0) is 16.1 Å². The number of nitrogens with one attached hydrogen (secondary N) is 1. The van der Waals surface area contributed by atoms with E-state index in [4.69, 9.17) is 9.84 Å². The molecule has 21 heavy (non-hydrogen) atoms. The number of aromatic carboxylic acids is 1. The Kier molecular flexibility index (Phi) is 3.71. The summed E-state index contributed by atoms with van der Waals surface area (Å²) in [4.78, 5) is 22.9. The molecule has 2 rings (SSSR count). The van der Waals surface area contributed by atoms with Gasteiger partial charge in [0.2, 0.25) is 5.91 Å². The summed E-state index contributed by atoms with van der Waals surface area (Å²) in [5, 5.41) is 11.4. The first-order valence-corrected chi connectivity index (χ1v) is 6.25. The van der Waals surface area contributed by atoms with Crippen LogP contribution in [0.2, 0.25) is 0 Å². The van der Waals surface area contributed by atoms with Gasteiger partial charge in [-0.15, -0.1) is 0 Å². The normalized spacial score (nSPS) is 22.7. The highest BCUT2D eigenvalue weighted by Gasteiger charge is 2.72. The Balaban J connectivity index is 2.23. The number of hydrogen-bond donors (Lipinski definition) is 2. The summed E-state index contributed by atoms with van der Waals surface area (Å²) < 4.78 is 31.2. The highest BCUT2D eigenvalue weighted by atomic mass is 19.3. The standard InChI is InChI=1S/C14H15F2NO4/c1-13(7-14(13,15)16)12(20)17-10-4-8(6-21-2)3-9(5-10)11(18)19/h3-5H,6-7H2,1-2H3,(H,17,20)(H,18,19). The molecule has 1 aromatic carbocycles. The van der Waals surface area contributed by atoms with E-state index in [1.54, 1.807) is 0 Å². The maximum absolute atomic E-state index is 13.2. The Bertz CT molecular complexity index is 603. The van der Waals surface area contributed by atoms with Gasteiger partial charge in [-0.3, -0.25) is 4.79 Å². The van der Waals surface area contributed by atoms with Gasteiger partial charge in [-0.05, 0) is 30.7 Å². The summed E-state index contributed by atoms with van der Waals surface area (Å²) in [5.74, 6) is -5.01. The number of methoxy groups -OCH3 is 1. The van der Waals surface area contributed by atoms with Gasteiger partial charge in [0, 0.05) is 19.2 Å². The fourth-order valence-electron chi connectivity index (χ4n) is 2.05. The zero-order valence-corrected chi connectivity index (χ0v) is 11.6. The first-order chi connectivity index (χ1) is 9.69. The van der Waals surface area contributed by atoms with Crippen LogP contribution in [0.5, 0.6) is 0 Å². The smallest absolute Gasteiger partial charge is 0.335 e. The molecule has 5 nitrogen and oxygen atoms in total. The SMILES string of the molecule is COCc1cc(NC(=O)C2(C)CC2(F)F)cc(C(=O)O)c1. The number of anilines is 1. The van der Waals surface area contributed by atoms with Crippen LogP contribution in [0.4, 0.5) is 14.5 Å². The van der Waals surface area contributed by atoms with Gasteiger partial charge in [-0.1, -0.05) is 0 Å². The Hall–Kier alpha value is -2.02. The third kappa shape index (κ3) is 2.87. The second-order valence-corrected chi connectivity index (χ2v) is 5.32. The number of carboxylic acids is 1. The van der Waals surface area contributed by atoms with Gasteiger partial charge < -0.3 is 15.2 Å². The molecule has 0 saturated heterocycles. The quantitative estimate of drug-likeness (QED) is 0.876. The van der Waals surface area contributed by atoms with Crippen molar-refractivity contribution in [2.24, 2.45) is 5.41 Å². The molecule has 0 radical (unpaired) electrons. The van der Waals surface area contributed by atoms with E-state index >= 15 is 0 Å². The number of carbonyl (C=O) groups excluding carboxylic acids is 1. The van der Waals surface area contributed by atoms with Gasteiger partial charge in [-0.25, -0.2) is 13.6 Å². The number of amides is 1. The molecule has 0 heterocycles. The van der Waals surface area contributed by atoms with E-state index in [-0.39, 0.29) is 17.9 Å². The summed E-state index contributed by atoms with van der Waals surface area (Å²) in [6, 6.07) is 4.12. The van der Waals surface area contributed by atoms with E-state index in [1.807, 2.05) is 0 Å². The number of ether oxygens (including phenoxy) is 1. The molecular formula is C14H15F2NO4. The van der Waals surface area contributed by atoms with Crippen LogP contribution in [0, 0.1) is 5.41 Å². The molecule has 2 N–H and O–H groups in total. The topological polar surface area (TPSA) is 75.6 Å². The lowest BCUT2D eigenvalue weighted by molar-refractivity contribution is -0.123. The molecule has 1 aliphatic carbocycles. The lowest BCUT2D eigenvalue weighted by Crippen LogP contribution is -2.26. The van der Waals surface area contributed by atoms with Gasteiger partial charge in [0.05, 0.1) is 12.2 Å². The number of rotatable bonds is 5. The molecule has 0 bridgehead atoms. The second-order valence-electron chi connectivity index (χ2n) is 5.32. The Morgan fingerprint density at radius 1 is 1.38 bits per heavy atom. The minimum atomic E-state index is -3.02. The second kappa shape index (κ2) is 5.07. The van der Waals surface area contributed by atoms with Crippen LogP contribution in [0.25, 0.3) is 0 Å². The molecule has 7 heteroatoms. The van der Waals surface area contributed by atoms with E-state index < -0.39 is 29.6 Å². The van der Waals surface area contributed by atoms with Crippen LogP contribution < -0.4 is 5.32 Å². The fourth-order valence-corrected chi connectivity index (χ4v) is 2.05. The number of halogens is 2. The molecule has 1 aliphatic rings. The Labute approximate surface area is 119 Å². The van der Waals surface area contributed by atoms with Crippen molar-refractivity contribution >= 4 is 17.6 Å². The predicted octanol–water partition coefficient (Wildman–Crippen LogP) is 2.51. The molecule has 1 unspecified atom stereocenters. The number of alkyl halides is 2. The highest BCUT2D eigenvalue weighted by Crippen LogP contribution is 2.60. The number of hydrogen-bond acceptors (Lipinski definition) is 3. The molecule has 1 atom stereocenters. The molecular weight excluding hydrogens is 284 g/mol. The molecule has 0 aromatic heterocycles. The van der Waals surface area contributed by atoms with Crippen molar-refractivity contribution in [3.05, 3.63) is 29.3 Å². The van der Waals surface area contributed by atoms with Crippen LogP contribution in [0.15, 0.2) is 18.2 Å². The average molecular weight is 299 g/mol. The van der Waals surface area contributed by atoms with Crippen molar-refractivity contribution in [3.63, 3.8) is 0 Å². The van der Waals surface area contributed by atoms with Crippen molar-refractivity contribution < 1.29 is 28.2 Å². The lowest BCUT2D eigenvalue weighted by atomic mass is 10.1. The Morgan fingerprint density at radius 3 is 2.48 bits per heavy atom. The molecule has 1 saturated carbocycles. The average Bonchev–Trinajstić information content (AvgIpc) is 2.90. The van der Waals surface area contributed by atoms with Gasteiger partial charge >= 0.3 is 5.97 Å². The van der Waals surface area contributed by atoms with Gasteiger partial charge in [0.25, 0.3) is 5.92 Å². The molecule has 114 valence electrons. The monoisotopic (exact) mass is 299 g/mol. The summed E-state index contributed by atoms with van der Waals surface area (Å²) in [5.41, 5.74) is -1.09. The van der Waals surface area contributed by atoms with Crippen molar-refractivity contribution in [2.75, 3.05) is 12.4 Å². The molecule has 0 aliphatic heterocycles. The van der Waals surface area contributed by atoms with E-state index in [9.17, 15) is 18.4 Å². The summed E-state index contributed by atoms with van der Waals surface area (Å²) in [7, 11) is 1.44. The van der Waals surface area contributed by atoms with Crippen molar-refractivity contribution in [1.29, 1.82) is 0 Å². The number of carbonyl (C=O) groups is 2. The van der Waals surface area contributed by atoms with Gasteiger partial charge in [-0.2, -0.15) is 0 Å². The highest BCUT2D eigenvalue weighted by molar-refractivity contribution is 5.99. The summed E-state index contributed by atoms with van der Waals surface area (Å²) in [6.45, 7) is 1.33. The minimum Gasteiger partial charge on any atom is -0.478 e. The van der Waals surface area contributed by atoms with Crippen LogP contribution in [0.1, 0.15) is 29.3 Å². The van der Waals surface area contributed by atoms with E-state index in [1.165, 1.54) is 32.2 Å². The summed E-state index contributed by atoms with van der Waals surface area (Å²) >= 11 is 0. The van der Waals surface area contributed by atoms with Gasteiger partial charge in [0.1, 0.15) is 5.41 Å². The number of carboxylic acid groups (broad SMARTS) is 1. The van der Waals surface area contributed by atoms with Crippen molar-refractivity contribution in [1.82, 2.24) is 0 Å². The fraction of sp³-hybridized carbons (Fsp3) is 0.429. The largest absolute Gasteiger partial charge is 0.478 e. The molecule has 1 fully saturated rings. The van der Waals surface area contributed by atoms with E-state index in [0.29, 0.717) is 5.56 Å². The molecule has 1 amide bonds. The number of benzene rings is 1. The zero-order chi connectivity index (χ0) is 15.8. The minimum absolute atomic E-state index is 0.0486. The van der Waals surface area contributed by atoms with Crippen molar-refractivity contribution in [2.45, 2.75) is 25.9 Å². The maximum Gasteiger partial charge on any atom is 0.335 e. The summed E-state index contributed by atoms with van der Waals surface area (Å²) in [6.07, 6.45) is -0.505. The Morgan fingerprint density at radius 2 is 2.00 bits per heavy atom. The van der Waals surface area contributed by atoms with Crippen LogP contribution in [0.3, 0.4) is 0 Å². The van der Waals surface area contributed by atoms with Gasteiger partial charge in [0.15, 0.2) is 0 Å². The first-order valence-electron chi connectivity index (χ1n) is 6.25. The zero-order valence-electron chi connectivity index (χ0n) is 11.6. The third-order valence-corrected chi connectivity index (χ3v) is 3.57. The lowest BCUT2D eigenvalue weighted by Gasteiger charge is -2.13. The van der Waals surface area contributed by atoms with Crippen LogP contribution >= 0.6 is 0 Å². The third-order valence-electron chi connectivity index (χ3n) is 3.57. The first kappa shape index (κ1) is 15.4. The predicted molar refractivity (Wildman–Crippen MR) is 70.4 cm³/mol. The van der Waals surface area contributed by atoms with E-state index in [2.05, 4.69) is 5.32 Å². The molecule has 1 aromatic rings. The van der Waals surface area contributed by atoms with E-state index in [0.717, 1.165) is 0 Å². The maximum atomic E-state index is 13.2. The molecule has 0 spiro atoms. The van der Waals surface area contributed by atoms with Crippen molar-refractivity contribution in [3.8, 4) is 0 Å².